The highest BCUT2D eigenvalue weighted by Gasteiger charge is 2.13. The van der Waals surface area contributed by atoms with Crippen molar-refractivity contribution >= 4 is 5.97 Å². The fourth-order valence-electron chi connectivity index (χ4n) is 2.19. The van der Waals surface area contributed by atoms with Gasteiger partial charge >= 0.3 is 5.97 Å². The minimum absolute atomic E-state index is 0.0101. The maximum Gasteiger partial charge on any atom is 0.331 e. The largest absolute Gasteiger partial charge is 0.478 e. The molecule has 6 nitrogen and oxygen atoms in total. The molecule has 120 valence electrons. The Morgan fingerprint density at radius 2 is 1.96 bits per heavy atom. The number of nitrogens with zero attached hydrogens (tertiary/aromatic N) is 3. The first-order valence-electron chi connectivity index (χ1n) is 7.34. The number of carboxylic acid groups (broad SMARTS) is 1. The van der Waals surface area contributed by atoms with Crippen molar-refractivity contribution in [1.82, 2.24) is 15.1 Å². The SMILES string of the molecule is C=C(Cc1nc(-c2ccc(Cc3ccccn3)cc2)no1)C(=O)O. The summed E-state index contributed by atoms with van der Waals surface area (Å²) in [4.78, 5) is 19.3. The molecule has 1 aromatic carbocycles. The van der Waals surface area contributed by atoms with Crippen LogP contribution in [-0.2, 0) is 17.6 Å². The topological polar surface area (TPSA) is 89.1 Å². The smallest absolute Gasteiger partial charge is 0.331 e. The third-order valence-corrected chi connectivity index (χ3v) is 3.46. The zero-order valence-electron chi connectivity index (χ0n) is 12.8. The second kappa shape index (κ2) is 6.87. The number of pyridine rings is 1. The average Bonchev–Trinajstić information content (AvgIpc) is 3.05. The van der Waals surface area contributed by atoms with Crippen LogP contribution in [0.1, 0.15) is 17.1 Å². The van der Waals surface area contributed by atoms with Gasteiger partial charge in [0.2, 0.25) is 11.7 Å². The van der Waals surface area contributed by atoms with Crippen molar-refractivity contribution in [2.75, 3.05) is 0 Å². The summed E-state index contributed by atoms with van der Waals surface area (Å²) in [5.74, 6) is -0.420. The molecular weight excluding hydrogens is 306 g/mol. The van der Waals surface area contributed by atoms with Gasteiger partial charge in [0.25, 0.3) is 0 Å². The minimum atomic E-state index is -1.08. The van der Waals surface area contributed by atoms with Crippen molar-refractivity contribution < 1.29 is 14.4 Å². The van der Waals surface area contributed by atoms with Crippen LogP contribution < -0.4 is 0 Å². The second-order valence-electron chi connectivity index (χ2n) is 5.29. The number of rotatable bonds is 6. The van der Waals surface area contributed by atoms with E-state index in [1.54, 1.807) is 6.20 Å². The first-order valence-corrected chi connectivity index (χ1v) is 7.34. The minimum Gasteiger partial charge on any atom is -0.478 e. The van der Waals surface area contributed by atoms with E-state index in [9.17, 15) is 4.79 Å². The zero-order chi connectivity index (χ0) is 16.9. The summed E-state index contributed by atoms with van der Waals surface area (Å²) in [6.45, 7) is 3.45. The first-order chi connectivity index (χ1) is 11.6. The maximum atomic E-state index is 10.8. The predicted octanol–water partition coefficient (Wildman–Crippen LogP) is 2.91. The van der Waals surface area contributed by atoms with Crippen molar-refractivity contribution in [2.24, 2.45) is 0 Å². The van der Waals surface area contributed by atoms with Gasteiger partial charge in [-0.2, -0.15) is 4.98 Å². The van der Waals surface area contributed by atoms with E-state index in [0.29, 0.717) is 5.82 Å². The lowest BCUT2D eigenvalue weighted by Gasteiger charge is -2.01. The molecule has 3 aromatic rings. The summed E-state index contributed by atoms with van der Waals surface area (Å²) in [7, 11) is 0. The molecule has 0 aliphatic heterocycles. The molecule has 0 fully saturated rings. The molecule has 2 heterocycles. The Balaban J connectivity index is 1.71. The van der Waals surface area contributed by atoms with Crippen LogP contribution in [0.3, 0.4) is 0 Å². The van der Waals surface area contributed by atoms with Crippen molar-refractivity contribution in [3.8, 4) is 11.4 Å². The van der Waals surface area contributed by atoms with Crippen molar-refractivity contribution in [1.29, 1.82) is 0 Å². The molecule has 0 spiro atoms. The van der Waals surface area contributed by atoms with Gasteiger partial charge in [0.1, 0.15) is 0 Å². The molecule has 0 aliphatic rings. The maximum absolute atomic E-state index is 10.8. The average molecular weight is 321 g/mol. The van der Waals surface area contributed by atoms with Crippen molar-refractivity contribution in [3.05, 3.63) is 78.0 Å². The summed E-state index contributed by atoms with van der Waals surface area (Å²) >= 11 is 0. The molecule has 1 N–H and O–H groups in total. The van der Waals surface area contributed by atoms with E-state index in [0.717, 1.165) is 23.2 Å². The lowest BCUT2D eigenvalue weighted by atomic mass is 10.1. The summed E-state index contributed by atoms with van der Waals surface area (Å²) in [5.41, 5.74) is 2.94. The highest BCUT2D eigenvalue weighted by atomic mass is 16.5. The quantitative estimate of drug-likeness (QED) is 0.702. The molecule has 6 heteroatoms. The standard InChI is InChI=1S/C18H15N3O3/c1-12(18(22)23)10-16-20-17(21-24-16)14-7-5-13(6-8-14)11-15-4-2-3-9-19-15/h2-9H,1,10-11H2,(H,22,23). The summed E-state index contributed by atoms with van der Waals surface area (Å²) < 4.78 is 5.07. The fraction of sp³-hybridized carbons (Fsp3) is 0.111. The highest BCUT2D eigenvalue weighted by Crippen LogP contribution is 2.18. The van der Waals surface area contributed by atoms with Crippen LogP contribution >= 0.6 is 0 Å². The van der Waals surface area contributed by atoms with E-state index in [-0.39, 0.29) is 17.9 Å². The molecule has 0 saturated carbocycles. The van der Waals surface area contributed by atoms with Gasteiger partial charge < -0.3 is 9.63 Å². The van der Waals surface area contributed by atoms with Gasteiger partial charge in [-0.05, 0) is 17.7 Å². The Morgan fingerprint density at radius 3 is 2.62 bits per heavy atom. The lowest BCUT2D eigenvalue weighted by molar-refractivity contribution is -0.132. The Labute approximate surface area is 138 Å². The van der Waals surface area contributed by atoms with E-state index < -0.39 is 5.97 Å². The third kappa shape index (κ3) is 3.73. The molecule has 3 rings (SSSR count). The van der Waals surface area contributed by atoms with Crippen LogP contribution in [-0.4, -0.2) is 26.2 Å². The number of hydrogen-bond donors (Lipinski definition) is 1. The highest BCUT2D eigenvalue weighted by molar-refractivity contribution is 5.86. The molecule has 24 heavy (non-hydrogen) atoms. The van der Waals surface area contributed by atoms with Crippen LogP contribution in [0.25, 0.3) is 11.4 Å². The summed E-state index contributed by atoms with van der Waals surface area (Å²) in [6.07, 6.45) is 2.55. The monoisotopic (exact) mass is 321 g/mol. The molecule has 0 aliphatic carbocycles. The van der Waals surface area contributed by atoms with Crippen molar-refractivity contribution in [2.45, 2.75) is 12.8 Å². The van der Waals surface area contributed by atoms with Crippen LogP contribution in [0, 0.1) is 0 Å². The van der Waals surface area contributed by atoms with E-state index >= 15 is 0 Å². The van der Waals surface area contributed by atoms with E-state index in [1.165, 1.54) is 0 Å². The predicted molar refractivity (Wildman–Crippen MR) is 87.3 cm³/mol. The van der Waals surface area contributed by atoms with Gasteiger partial charge in [-0.1, -0.05) is 42.1 Å². The molecule has 0 bridgehead atoms. The van der Waals surface area contributed by atoms with Crippen LogP contribution in [0.4, 0.5) is 0 Å². The Kier molecular flexibility index (Phi) is 4.47. The van der Waals surface area contributed by atoms with Gasteiger partial charge in [0, 0.05) is 29.4 Å². The van der Waals surface area contributed by atoms with Gasteiger partial charge in [-0.15, -0.1) is 0 Å². The molecule has 0 amide bonds. The summed E-state index contributed by atoms with van der Waals surface area (Å²) in [6, 6.07) is 13.6. The Bertz CT molecular complexity index is 855. The molecule has 0 saturated heterocycles. The first kappa shape index (κ1) is 15.6. The molecule has 0 radical (unpaired) electrons. The molecule has 0 unspecified atom stereocenters. The normalized spacial score (nSPS) is 10.5. The van der Waals surface area contributed by atoms with Crippen molar-refractivity contribution in [3.63, 3.8) is 0 Å². The van der Waals surface area contributed by atoms with Gasteiger partial charge in [0.05, 0.1) is 6.42 Å². The number of aliphatic carboxylic acids is 1. The number of benzene rings is 1. The second-order valence-corrected chi connectivity index (χ2v) is 5.29. The van der Waals surface area contributed by atoms with Gasteiger partial charge in [-0.25, -0.2) is 4.79 Å². The number of hydrogen-bond acceptors (Lipinski definition) is 5. The van der Waals surface area contributed by atoms with E-state index in [1.807, 2.05) is 42.5 Å². The number of aromatic nitrogens is 3. The van der Waals surface area contributed by atoms with Crippen LogP contribution in [0.2, 0.25) is 0 Å². The molecule has 2 aromatic heterocycles. The zero-order valence-corrected chi connectivity index (χ0v) is 12.8. The number of carbonyl (C=O) groups is 1. The van der Waals surface area contributed by atoms with Gasteiger partial charge in [-0.3, -0.25) is 4.98 Å². The van der Waals surface area contributed by atoms with Crippen LogP contribution in [0.5, 0.6) is 0 Å². The van der Waals surface area contributed by atoms with Crippen LogP contribution in [0.15, 0.2) is 65.3 Å². The van der Waals surface area contributed by atoms with E-state index in [4.69, 9.17) is 9.63 Å². The number of carboxylic acids is 1. The third-order valence-electron chi connectivity index (χ3n) is 3.46. The lowest BCUT2D eigenvalue weighted by Crippen LogP contribution is -2.02. The summed E-state index contributed by atoms with van der Waals surface area (Å²) in [5, 5.41) is 12.7. The molecular formula is C18H15N3O3. The van der Waals surface area contributed by atoms with Gasteiger partial charge in [0.15, 0.2) is 0 Å². The van der Waals surface area contributed by atoms with E-state index in [2.05, 4.69) is 21.7 Å². The molecule has 0 atom stereocenters. The Hall–Kier alpha value is -3.28. The fourth-order valence-corrected chi connectivity index (χ4v) is 2.19. The Morgan fingerprint density at radius 1 is 1.17 bits per heavy atom.